The van der Waals surface area contributed by atoms with Crippen LogP contribution in [0.4, 0.5) is 0 Å². The van der Waals surface area contributed by atoms with E-state index in [0.29, 0.717) is 6.54 Å². The Morgan fingerprint density at radius 1 is 1.29 bits per heavy atom. The second kappa shape index (κ2) is 6.43. The van der Waals surface area contributed by atoms with Crippen LogP contribution in [0, 0.1) is 20.8 Å². The van der Waals surface area contributed by atoms with Gasteiger partial charge in [-0.1, -0.05) is 0 Å². The molecule has 21 heavy (non-hydrogen) atoms. The van der Waals surface area contributed by atoms with Gasteiger partial charge in [0.1, 0.15) is 6.54 Å². The molecule has 2 heterocycles. The van der Waals surface area contributed by atoms with Crippen molar-refractivity contribution in [3.63, 3.8) is 0 Å². The summed E-state index contributed by atoms with van der Waals surface area (Å²) in [6, 6.07) is 0. The van der Waals surface area contributed by atoms with Crippen LogP contribution in [-0.4, -0.2) is 25.5 Å². The van der Waals surface area contributed by atoms with Gasteiger partial charge in [0.05, 0.1) is 21.6 Å². The van der Waals surface area contributed by atoms with Crippen LogP contribution < -0.4 is 5.32 Å². The Labute approximate surface area is 132 Å². The maximum Gasteiger partial charge on any atom is 0.242 e. The predicted octanol–water partition coefficient (Wildman–Crippen LogP) is 2.10. The summed E-state index contributed by atoms with van der Waals surface area (Å²) in [5.41, 5.74) is 3.84. The van der Waals surface area contributed by atoms with Crippen LogP contribution in [0.3, 0.4) is 0 Å². The number of hydrogen-bond acceptors (Lipinski definition) is 3. The molecule has 0 radical (unpaired) electrons. The molecule has 114 valence electrons. The zero-order valence-electron chi connectivity index (χ0n) is 12.8. The molecule has 0 aliphatic heterocycles. The molecule has 0 saturated heterocycles. The normalized spacial score (nSPS) is 10.9. The fraction of sp³-hybridized carbons (Fsp3) is 0.500. The molecule has 0 atom stereocenters. The summed E-state index contributed by atoms with van der Waals surface area (Å²) in [6.07, 6.45) is 1.97. The topological polar surface area (TPSA) is 64.7 Å². The fourth-order valence-electron chi connectivity index (χ4n) is 2.11. The highest BCUT2D eigenvalue weighted by molar-refractivity contribution is 9.10. The number of carbonyl (C=O) groups is 1. The van der Waals surface area contributed by atoms with Crippen molar-refractivity contribution in [1.82, 2.24) is 24.9 Å². The van der Waals surface area contributed by atoms with Crippen molar-refractivity contribution in [2.75, 3.05) is 0 Å². The molecule has 0 spiro atoms. The van der Waals surface area contributed by atoms with Gasteiger partial charge in [0.25, 0.3) is 0 Å². The van der Waals surface area contributed by atoms with Gasteiger partial charge in [-0.25, -0.2) is 0 Å². The van der Waals surface area contributed by atoms with Gasteiger partial charge in [-0.2, -0.15) is 10.2 Å². The Bertz CT molecular complexity index is 659. The molecule has 1 amide bonds. The highest BCUT2D eigenvalue weighted by Crippen LogP contribution is 2.19. The molecular weight excluding hydrogens is 334 g/mol. The van der Waals surface area contributed by atoms with Crippen molar-refractivity contribution in [2.45, 2.75) is 47.3 Å². The Balaban J connectivity index is 1.95. The number of aromatic nitrogens is 4. The second-order valence-electron chi connectivity index (χ2n) is 5.01. The maximum absolute atomic E-state index is 12.0. The molecule has 2 aromatic heterocycles. The Morgan fingerprint density at radius 2 is 2.00 bits per heavy atom. The Kier molecular flexibility index (Phi) is 4.82. The summed E-state index contributed by atoms with van der Waals surface area (Å²) in [6.45, 7) is 9.38. The third kappa shape index (κ3) is 3.53. The molecule has 7 heteroatoms. The van der Waals surface area contributed by atoms with E-state index < -0.39 is 0 Å². The van der Waals surface area contributed by atoms with Gasteiger partial charge in [0.15, 0.2) is 0 Å². The van der Waals surface area contributed by atoms with E-state index in [1.165, 1.54) is 0 Å². The summed E-state index contributed by atoms with van der Waals surface area (Å²) in [4.78, 5) is 12.0. The van der Waals surface area contributed by atoms with E-state index in [1.807, 2.05) is 38.6 Å². The molecule has 0 fully saturated rings. The molecule has 0 aliphatic carbocycles. The average Bonchev–Trinajstić information content (AvgIpc) is 2.92. The first kappa shape index (κ1) is 15.8. The van der Waals surface area contributed by atoms with Crippen LogP contribution in [-0.2, 0) is 24.4 Å². The van der Waals surface area contributed by atoms with Crippen LogP contribution in [0.1, 0.15) is 29.6 Å². The number of aryl methyl sites for hydroxylation is 3. The summed E-state index contributed by atoms with van der Waals surface area (Å²) < 4.78 is 4.53. The first-order chi connectivity index (χ1) is 9.92. The van der Waals surface area contributed by atoms with E-state index in [2.05, 4.69) is 31.4 Å². The van der Waals surface area contributed by atoms with Crippen molar-refractivity contribution < 1.29 is 4.79 Å². The zero-order valence-corrected chi connectivity index (χ0v) is 14.4. The Hall–Kier alpha value is -1.63. The van der Waals surface area contributed by atoms with Gasteiger partial charge in [0.2, 0.25) is 5.91 Å². The van der Waals surface area contributed by atoms with Crippen molar-refractivity contribution in [3.05, 3.63) is 33.3 Å². The van der Waals surface area contributed by atoms with E-state index in [-0.39, 0.29) is 12.5 Å². The minimum Gasteiger partial charge on any atom is -0.350 e. The Morgan fingerprint density at radius 3 is 2.52 bits per heavy atom. The predicted molar refractivity (Wildman–Crippen MR) is 83.9 cm³/mol. The molecular formula is C14H20BrN5O. The number of carbonyl (C=O) groups excluding carboxylic acids is 1. The molecule has 0 aliphatic rings. The molecule has 0 saturated carbocycles. The van der Waals surface area contributed by atoms with Crippen molar-refractivity contribution in [2.24, 2.45) is 0 Å². The number of halogens is 1. The third-order valence-corrected chi connectivity index (χ3v) is 4.58. The van der Waals surface area contributed by atoms with Crippen molar-refractivity contribution in [1.29, 1.82) is 0 Å². The minimum absolute atomic E-state index is 0.0586. The van der Waals surface area contributed by atoms with Gasteiger partial charge in [-0.05, 0) is 43.6 Å². The van der Waals surface area contributed by atoms with Crippen LogP contribution in [0.25, 0.3) is 0 Å². The smallest absolute Gasteiger partial charge is 0.242 e. The van der Waals surface area contributed by atoms with Crippen molar-refractivity contribution >= 4 is 21.8 Å². The van der Waals surface area contributed by atoms with Crippen molar-refractivity contribution in [3.8, 4) is 0 Å². The quantitative estimate of drug-likeness (QED) is 0.894. The van der Waals surface area contributed by atoms with E-state index in [9.17, 15) is 4.79 Å². The van der Waals surface area contributed by atoms with E-state index in [4.69, 9.17) is 0 Å². The monoisotopic (exact) mass is 353 g/mol. The lowest BCUT2D eigenvalue weighted by molar-refractivity contribution is -0.122. The summed E-state index contributed by atoms with van der Waals surface area (Å²) in [7, 11) is 0. The highest BCUT2D eigenvalue weighted by Gasteiger charge is 2.12. The standard InChI is InChI=1S/C14H20BrN5O/c1-5-19-7-12(9(2)17-19)6-16-13(21)8-20-11(4)14(15)10(3)18-20/h7H,5-6,8H2,1-4H3,(H,16,21). The van der Waals surface area contributed by atoms with Crippen LogP contribution in [0.2, 0.25) is 0 Å². The maximum atomic E-state index is 12.0. The fourth-order valence-corrected chi connectivity index (χ4v) is 2.39. The van der Waals surface area contributed by atoms with Gasteiger partial charge in [-0.15, -0.1) is 0 Å². The molecule has 0 unspecified atom stereocenters. The third-order valence-electron chi connectivity index (χ3n) is 3.43. The lowest BCUT2D eigenvalue weighted by Crippen LogP contribution is -2.28. The van der Waals surface area contributed by atoms with Crippen LogP contribution >= 0.6 is 15.9 Å². The van der Waals surface area contributed by atoms with Gasteiger partial charge >= 0.3 is 0 Å². The molecule has 0 bridgehead atoms. The molecule has 6 nitrogen and oxygen atoms in total. The first-order valence-corrected chi connectivity index (χ1v) is 7.70. The number of nitrogens with one attached hydrogen (secondary N) is 1. The van der Waals surface area contributed by atoms with Gasteiger partial charge < -0.3 is 5.32 Å². The second-order valence-corrected chi connectivity index (χ2v) is 5.81. The largest absolute Gasteiger partial charge is 0.350 e. The first-order valence-electron chi connectivity index (χ1n) is 6.91. The number of amides is 1. The van der Waals surface area contributed by atoms with Gasteiger partial charge in [0, 0.05) is 24.8 Å². The number of nitrogens with zero attached hydrogens (tertiary/aromatic N) is 4. The molecule has 2 rings (SSSR count). The summed E-state index contributed by atoms with van der Waals surface area (Å²) >= 11 is 3.46. The SMILES string of the molecule is CCn1cc(CNC(=O)Cn2nc(C)c(Br)c2C)c(C)n1. The zero-order chi connectivity index (χ0) is 15.6. The molecule has 1 N–H and O–H groups in total. The lowest BCUT2D eigenvalue weighted by atomic mass is 10.2. The van der Waals surface area contributed by atoms with Gasteiger partial charge in [-0.3, -0.25) is 14.2 Å². The van der Waals surface area contributed by atoms with E-state index in [0.717, 1.165) is 33.7 Å². The highest BCUT2D eigenvalue weighted by atomic mass is 79.9. The molecule has 2 aromatic rings. The van der Waals surface area contributed by atoms with E-state index in [1.54, 1.807) is 4.68 Å². The van der Waals surface area contributed by atoms with Crippen LogP contribution in [0.5, 0.6) is 0 Å². The molecule has 0 aromatic carbocycles. The average molecular weight is 354 g/mol. The number of rotatable bonds is 5. The minimum atomic E-state index is -0.0586. The number of hydrogen-bond donors (Lipinski definition) is 1. The summed E-state index contributed by atoms with van der Waals surface area (Å²) in [5.74, 6) is -0.0586. The van der Waals surface area contributed by atoms with E-state index >= 15 is 0 Å². The lowest BCUT2D eigenvalue weighted by Gasteiger charge is -2.06. The van der Waals surface area contributed by atoms with Crippen LogP contribution in [0.15, 0.2) is 10.7 Å². The summed E-state index contributed by atoms with van der Waals surface area (Å²) in [5, 5.41) is 11.6.